The number of thioether (sulfide) groups is 1. The van der Waals surface area contributed by atoms with Crippen molar-refractivity contribution < 1.29 is 4.79 Å². The lowest BCUT2D eigenvalue weighted by Gasteiger charge is -2.14. The van der Waals surface area contributed by atoms with Crippen LogP contribution in [0.1, 0.15) is 28.8 Å². The van der Waals surface area contributed by atoms with Gasteiger partial charge >= 0.3 is 0 Å². The first kappa shape index (κ1) is 16.0. The number of aromatic nitrogens is 4. The first-order valence-electron chi connectivity index (χ1n) is 6.65. The van der Waals surface area contributed by atoms with E-state index in [0.717, 1.165) is 28.0 Å². The summed E-state index contributed by atoms with van der Waals surface area (Å²) >= 11 is 3.40. The second-order valence-electron chi connectivity index (χ2n) is 4.75. The average molecular weight is 325 g/mol. The number of amides is 1. The molecule has 0 spiro atoms. The number of hydrogen-bond acceptors (Lipinski definition) is 6. The maximum atomic E-state index is 12.0. The van der Waals surface area contributed by atoms with Gasteiger partial charge in [0, 0.05) is 30.4 Å². The number of rotatable bonds is 7. The monoisotopic (exact) mass is 325 g/mol. The maximum absolute atomic E-state index is 12.0. The number of H-pyrrole nitrogens is 1. The van der Waals surface area contributed by atoms with E-state index in [0.29, 0.717) is 18.8 Å². The molecule has 8 heteroatoms. The molecule has 0 saturated carbocycles. The van der Waals surface area contributed by atoms with Gasteiger partial charge in [-0.2, -0.15) is 16.9 Å². The number of carbonyl (C=O) groups is 1. The molecule has 6 nitrogen and oxygen atoms in total. The molecule has 21 heavy (non-hydrogen) atoms. The van der Waals surface area contributed by atoms with Crippen LogP contribution in [0.5, 0.6) is 0 Å². The standard InChI is InChI=1S/C13H19N5OS2/c1-9-14-12(17-16-9)6-18(3)13(19)4-5-20-7-11-8-21-10(2)15-11/h8H,4-7H2,1-3H3,(H,14,16,17). The van der Waals surface area contributed by atoms with Gasteiger partial charge in [-0.1, -0.05) is 0 Å². The largest absolute Gasteiger partial charge is 0.338 e. The van der Waals surface area contributed by atoms with Crippen molar-refractivity contribution in [1.82, 2.24) is 25.1 Å². The second-order valence-corrected chi connectivity index (χ2v) is 6.91. The van der Waals surface area contributed by atoms with Crippen molar-refractivity contribution in [2.75, 3.05) is 12.8 Å². The van der Waals surface area contributed by atoms with Crippen LogP contribution in [0.15, 0.2) is 5.38 Å². The summed E-state index contributed by atoms with van der Waals surface area (Å²) < 4.78 is 0. The Kier molecular flexibility index (Phi) is 5.75. The van der Waals surface area contributed by atoms with Crippen LogP contribution in [0.2, 0.25) is 0 Å². The first-order valence-corrected chi connectivity index (χ1v) is 8.68. The van der Waals surface area contributed by atoms with Crippen molar-refractivity contribution in [3.8, 4) is 0 Å². The Balaban J connectivity index is 1.66. The normalized spacial score (nSPS) is 10.8. The molecule has 0 unspecified atom stereocenters. The highest BCUT2D eigenvalue weighted by Gasteiger charge is 2.11. The lowest BCUT2D eigenvalue weighted by molar-refractivity contribution is -0.130. The van der Waals surface area contributed by atoms with Crippen LogP contribution in [-0.4, -0.2) is 43.8 Å². The van der Waals surface area contributed by atoms with Crippen LogP contribution in [-0.2, 0) is 17.1 Å². The zero-order valence-electron chi connectivity index (χ0n) is 12.4. The fourth-order valence-electron chi connectivity index (χ4n) is 1.76. The molecule has 0 aliphatic heterocycles. The molecule has 2 rings (SSSR count). The molecule has 1 N–H and O–H groups in total. The average Bonchev–Trinajstić information content (AvgIpc) is 3.03. The van der Waals surface area contributed by atoms with Gasteiger partial charge in [-0.05, 0) is 13.8 Å². The second kappa shape index (κ2) is 7.56. The first-order chi connectivity index (χ1) is 10.0. The van der Waals surface area contributed by atoms with E-state index < -0.39 is 0 Å². The Labute approximate surface area is 132 Å². The van der Waals surface area contributed by atoms with E-state index in [9.17, 15) is 4.79 Å². The molecule has 0 radical (unpaired) electrons. The third kappa shape index (κ3) is 5.13. The van der Waals surface area contributed by atoms with Gasteiger partial charge in [0.1, 0.15) is 5.82 Å². The molecule has 0 aliphatic rings. The molecule has 1 amide bonds. The van der Waals surface area contributed by atoms with Crippen molar-refractivity contribution in [2.24, 2.45) is 0 Å². The quantitative estimate of drug-likeness (QED) is 0.790. The van der Waals surface area contributed by atoms with E-state index in [1.165, 1.54) is 0 Å². The molecular formula is C13H19N5OS2. The predicted octanol–water partition coefficient (Wildman–Crippen LogP) is 2.16. The lowest BCUT2D eigenvalue weighted by Crippen LogP contribution is -2.27. The number of nitrogens with one attached hydrogen (secondary N) is 1. The van der Waals surface area contributed by atoms with E-state index >= 15 is 0 Å². The minimum Gasteiger partial charge on any atom is -0.338 e. The number of thiazole rings is 1. The van der Waals surface area contributed by atoms with Crippen LogP contribution in [0.3, 0.4) is 0 Å². The van der Waals surface area contributed by atoms with Crippen LogP contribution in [0.4, 0.5) is 0 Å². The van der Waals surface area contributed by atoms with Gasteiger partial charge in [-0.15, -0.1) is 11.3 Å². The van der Waals surface area contributed by atoms with E-state index in [4.69, 9.17) is 0 Å². The number of hydrogen-bond donors (Lipinski definition) is 1. The van der Waals surface area contributed by atoms with Gasteiger partial charge in [-0.25, -0.2) is 9.97 Å². The van der Waals surface area contributed by atoms with Crippen LogP contribution < -0.4 is 0 Å². The summed E-state index contributed by atoms with van der Waals surface area (Å²) in [5.74, 6) is 3.18. The summed E-state index contributed by atoms with van der Waals surface area (Å²) in [6, 6.07) is 0. The zero-order valence-corrected chi connectivity index (χ0v) is 14.1. The van der Waals surface area contributed by atoms with E-state index in [2.05, 4.69) is 25.5 Å². The SMILES string of the molecule is Cc1nc(CN(C)C(=O)CCSCc2csc(C)n2)n[nH]1. The lowest BCUT2D eigenvalue weighted by atomic mass is 10.4. The molecule has 0 aromatic carbocycles. The molecule has 0 fully saturated rings. The molecule has 2 aromatic heterocycles. The van der Waals surface area contributed by atoms with E-state index in [1.54, 1.807) is 35.0 Å². The molecule has 0 aliphatic carbocycles. The Bertz CT molecular complexity index is 595. The van der Waals surface area contributed by atoms with Crippen molar-refractivity contribution in [1.29, 1.82) is 0 Å². The molecule has 0 atom stereocenters. The number of carbonyl (C=O) groups excluding carboxylic acids is 1. The van der Waals surface area contributed by atoms with E-state index in [-0.39, 0.29) is 5.91 Å². The highest BCUT2D eigenvalue weighted by atomic mass is 32.2. The maximum Gasteiger partial charge on any atom is 0.223 e. The van der Waals surface area contributed by atoms with Crippen LogP contribution in [0, 0.1) is 13.8 Å². The smallest absolute Gasteiger partial charge is 0.223 e. The molecule has 0 saturated heterocycles. The third-order valence-corrected chi connectivity index (χ3v) is 4.64. The minimum absolute atomic E-state index is 0.111. The van der Waals surface area contributed by atoms with Gasteiger partial charge < -0.3 is 4.90 Å². The van der Waals surface area contributed by atoms with Crippen molar-refractivity contribution in [3.63, 3.8) is 0 Å². The summed E-state index contributed by atoms with van der Waals surface area (Å²) in [6.45, 7) is 4.29. The molecule has 0 bridgehead atoms. The van der Waals surface area contributed by atoms with Gasteiger partial charge in [0.25, 0.3) is 0 Å². The number of aromatic amines is 1. The van der Waals surface area contributed by atoms with Crippen LogP contribution >= 0.6 is 23.1 Å². The topological polar surface area (TPSA) is 74.8 Å². The summed E-state index contributed by atoms with van der Waals surface area (Å²) in [5, 5.41) is 9.97. The predicted molar refractivity (Wildman–Crippen MR) is 85.2 cm³/mol. The van der Waals surface area contributed by atoms with Crippen molar-refractivity contribution in [3.05, 3.63) is 27.7 Å². The van der Waals surface area contributed by atoms with Gasteiger partial charge in [0.15, 0.2) is 5.82 Å². The molecule has 2 heterocycles. The highest BCUT2D eigenvalue weighted by Crippen LogP contribution is 2.16. The van der Waals surface area contributed by atoms with Gasteiger partial charge in [0.2, 0.25) is 5.91 Å². The highest BCUT2D eigenvalue weighted by molar-refractivity contribution is 7.98. The van der Waals surface area contributed by atoms with Gasteiger partial charge in [-0.3, -0.25) is 9.89 Å². The molecular weight excluding hydrogens is 306 g/mol. The number of nitrogens with zero attached hydrogens (tertiary/aromatic N) is 4. The Morgan fingerprint density at radius 1 is 1.43 bits per heavy atom. The van der Waals surface area contributed by atoms with Gasteiger partial charge in [0.05, 0.1) is 17.2 Å². The molecule has 114 valence electrons. The zero-order chi connectivity index (χ0) is 15.2. The molecule has 2 aromatic rings. The summed E-state index contributed by atoms with van der Waals surface area (Å²) in [7, 11) is 1.78. The van der Waals surface area contributed by atoms with Crippen molar-refractivity contribution in [2.45, 2.75) is 32.6 Å². The minimum atomic E-state index is 0.111. The fraction of sp³-hybridized carbons (Fsp3) is 0.538. The van der Waals surface area contributed by atoms with Crippen molar-refractivity contribution >= 4 is 29.0 Å². The summed E-state index contributed by atoms with van der Waals surface area (Å²) in [6.07, 6.45) is 0.522. The fourth-order valence-corrected chi connectivity index (χ4v) is 3.30. The Morgan fingerprint density at radius 3 is 2.86 bits per heavy atom. The summed E-state index contributed by atoms with van der Waals surface area (Å²) in [4.78, 5) is 22.3. The summed E-state index contributed by atoms with van der Waals surface area (Å²) in [5.41, 5.74) is 1.10. The Morgan fingerprint density at radius 2 is 2.24 bits per heavy atom. The van der Waals surface area contributed by atoms with Crippen LogP contribution in [0.25, 0.3) is 0 Å². The number of aryl methyl sites for hydroxylation is 2. The van der Waals surface area contributed by atoms with E-state index in [1.807, 2.05) is 13.8 Å². The third-order valence-electron chi connectivity index (χ3n) is 2.82. The Hall–Kier alpha value is -1.41.